The summed E-state index contributed by atoms with van der Waals surface area (Å²) in [4.78, 5) is 4.26. The molecule has 5 nitrogen and oxygen atoms in total. The molecule has 1 aliphatic rings. The highest BCUT2D eigenvalue weighted by molar-refractivity contribution is 4.99. The Kier molecular flexibility index (Phi) is 4.37. The summed E-state index contributed by atoms with van der Waals surface area (Å²) in [5.41, 5.74) is -0.473. The summed E-state index contributed by atoms with van der Waals surface area (Å²) < 4.78 is 13.2. The fourth-order valence-electron chi connectivity index (χ4n) is 2.53. The van der Waals surface area contributed by atoms with Gasteiger partial charge in [0.1, 0.15) is 5.82 Å². The van der Waals surface area contributed by atoms with Crippen LogP contribution in [0.4, 0.5) is 0 Å². The third kappa shape index (κ3) is 2.74. The second-order valence-electron chi connectivity index (χ2n) is 4.78. The molecule has 0 bridgehead atoms. The number of ether oxygens (including phenoxy) is 2. The van der Waals surface area contributed by atoms with E-state index in [1.165, 1.54) is 0 Å². The summed E-state index contributed by atoms with van der Waals surface area (Å²) in [6, 6.07) is 0. The minimum absolute atomic E-state index is 0.473. The zero-order valence-electron chi connectivity index (χ0n) is 11.1. The normalized spacial score (nSPS) is 20.8. The lowest BCUT2D eigenvalue weighted by Crippen LogP contribution is -2.50. The highest BCUT2D eigenvalue weighted by atomic mass is 16.5. The number of aliphatic hydroxyl groups excluding tert-OH is 1. The van der Waals surface area contributed by atoms with Crippen molar-refractivity contribution < 1.29 is 14.6 Å². The smallest absolute Gasteiger partial charge is 0.111 e. The molecule has 1 fully saturated rings. The predicted octanol–water partition coefficient (Wildman–Crippen LogP) is 0.909. The largest absolute Gasteiger partial charge is 0.390 e. The molecular weight excluding hydrogens is 232 g/mol. The fourth-order valence-corrected chi connectivity index (χ4v) is 2.53. The third-order valence-corrected chi connectivity index (χ3v) is 3.68. The topological polar surface area (TPSA) is 56.5 Å². The number of aryl methyl sites for hydroxylation is 1. The van der Waals surface area contributed by atoms with E-state index in [-0.39, 0.29) is 0 Å². The number of aliphatic hydroxyl groups is 1. The predicted molar refractivity (Wildman–Crippen MR) is 67.3 cm³/mol. The number of aromatic nitrogens is 2. The Morgan fingerprint density at radius 2 is 2.28 bits per heavy atom. The molecule has 1 atom stereocenters. The summed E-state index contributed by atoms with van der Waals surface area (Å²) in [6.45, 7) is 3.87. The van der Waals surface area contributed by atoms with Crippen molar-refractivity contribution in [2.75, 3.05) is 19.8 Å². The lowest BCUT2D eigenvalue weighted by atomic mass is 9.86. The zero-order chi connectivity index (χ0) is 13.0. The maximum absolute atomic E-state index is 10.5. The maximum atomic E-state index is 10.5. The Hall–Kier alpha value is -0.910. The van der Waals surface area contributed by atoms with Gasteiger partial charge in [0.25, 0.3) is 0 Å². The van der Waals surface area contributed by atoms with Crippen molar-refractivity contribution in [3.63, 3.8) is 0 Å². The van der Waals surface area contributed by atoms with Gasteiger partial charge in [0.2, 0.25) is 0 Å². The van der Waals surface area contributed by atoms with E-state index < -0.39 is 11.7 Å². The molecular formula is C13H22N2O3. The third-order valence-electron chi connectivity index (χ3n) is 3.68. The molecule has 0 saturated carbocycles. The van der Waals surface area contributed by atoms with Crippen LogP contribution in [-0.4, -0.2) is 46.2 Å². The molecule has 2 heterocycles. The Bertz CT molecular complexity index is 367. The quantitative estimate of drug-likeness (QED) is 0.848. The Balaban J connectivity index is 2.08. The first-order valence-electron chi connectivity index (χ1n) is 6.54. The Morgan fingerprint density at radius 3 is 2.83 bits per heavy atom. The maximum Gasteiger partial charge on any atom is 0.111 e. The SMILES string of the molecule is CCOC1(C(O)Cc2nccn2C)CCOCC1. The second-order valence-corrected chi connectivity index (χ2v) is 4.78. The summed E-state index contributed by atoms with van der Waals surface area (Å²) >= 11 is 0. The zero-order valence-corrected chi connectivity index (χ0v) is 11.1. The number of nitrogens with zero attached hydrogens (tertiary/aromatic N) is 2. The van der Waals surface area contributed by atoms with Crippen molar-refractivity contribution in [1.82, 2.24) is 9.55 Å². The first-order valence-corrected chi connectivity index (χ1v) is 6.54. The van der Waals surface area contributed by atoms with Gasteiger partial charge in [-0.1, -0.05) is 0 Å². The molecule has 1 aliphatic heterocycles. The summed E-state index contributed by atoms with van der Waals surface area (Å²) in [6.07, 6.45) is 5.10. The number of hydrogen-bond donors (Lipinski definition) is 1. The summed E-state index contributed by atoms with van der Waals surface area (Å²) in [5, 5.41) is 10.5. The molecule has 1 saturated heterocycles. The van der Waals surface area contributed by atoms with Crippen molar-refractivity contribution >= 4 is 0 Å². The molecule has 2 rings (SSSR count). The summed E-state index contributed by atoms with van der Waals surface area (Å²) in [5.74, 6) is 0.882. The minimum atomic E-state index is -0.539. The second kappa shape index (κ2) is 5.82. The minimum Gasteiger partial charge on any atom is -0.390 e. The first-order chi connectivity index (χ1) is 8.68. The molecule has 1 aromatic rings. The number of rotatable bonds is 5. The molecule has 1 N–H and O–H groups in total. The van der Waals surface area contributed by atoms with E-state index in [0.717, 1.165) is 18.7 Å². The van der Waals surface area contributed by atoms with Crippen LogP contribution in [0.5, 0.6) is 0 Å². The van der Waals surface area contributed by atoms with Gasteiger partial charge in [-0.15, -0.1) is 0 Å². The van der Waals surface area contributed by atoms with Gasteiger partial charge in [0.15, 0.2) is 0 Å². The lowest BCUT2D eigenvalue weighted by Gasteiger charge is -2.40. The van der Waals surface area contributed by atoms with E-state index in [2.05, 4.69) is 4.98 Å². The average molecular weight is 254 g/mol. The van der Waals surface area contributed by atoms with Crippen LogP contribution in [-0.2, 0) is 22.9 Å². The van der Waals surface area contributed by atoms with E-state index in [9.17, 15) is 5.11 Å². The van der Waals surface area contributed by atoms with Crippen molar-refractivity contribution in [2.24, 2.45) is 7.05 Å². The van der Waals surface area contributed by atoms with Gasteiger partial charge < -0.3 is 19.1 Å². The van der Waals surface area contributed by atoms with Gasteiger partial charge in [-0.25, -0.2) is 4.98 Å². The van der Waals surface area contributed by atoms with Crippen LogP contribution in [0.1, 0.15) is 25.6 Å². The van der Waals surface area contributed by atoms with Crippen molar-refractivity contribution in [3.8, 4) is 0 Å². The fraction of sp³-hybridized carbons (Fsp3) is 0.769. The molecule has 18 heavy (non-hydrogen) atoms. The number of imidazole rings is 1. The van der Waals surface area contributed by atoms with Crippen LogP contribution in [0, 0.1) is 0 Å². The molecule has 1 unspecified atom stereocenters. The number of hydrogen-bond acceptors (Lipinski definition) is 4. The van der Waals surface area contributed by atoms with Gasteiger partial charge in [-0.3, -0.25) is 0 Å². The van der Waals surface area contributed by atoms with Crippen molar-refractivity contribution in [1.29, 1.82) is 0 Å². The molecule has 1 aromatic heterocycles. The highest BCUT2D eigenvalue weighted by Crippen LogP contribution is 2.30. The van der Waals surface area contributed by atoms with Crippen molar-refractivity contribution in [2.45, 2.75) is 37.9 Å². The Morgan fingerprint density at radius 1 is 1.56 bits per heavy atom. The summed E-state index contributed by atoms with van der Waals surface area (Å²) in [7, 11) is 1.94. The molecule has 0 radical (unpaired) electrons. The van der Waals surface area contributed by atoms with Crippen LogP contribution < -0.4 is 0 Å². The molecule has 0 amide bonds. The molecule has 102 valence electrons. The van der Waals surface area contributed by atoms with Crippen LogP contribution in [0.15, 0.2) is 12.4 Å². The highest BCUT2D eigenvalue weighted by Gasteiger charge is 2.40. The lowest BCUT2D eigenvalue weighted by molar-refractivity contribution is -0.165. The van der Waals surface area contributed by atoms with E-state index in [0.29, 0.717) is 26.2 Å². The first kappa shape index (κ1) is 13.5. The van der Waals surface area contributed by atoms with Crippen LogP contribution in [0.25, 0.3) is 0 Å². The van der Waals surface area contributed by atoms with E-state index >= 15 is 0 Å². The van der Waals surface area contributed by atoms with Gasteiger partial charge >= 0.3 is 0 Å². The van der Waals surface area contributed by atoms with Crippen LogP contribution in [0.3, 0.4) is 0 Å². The van der Waals surface area contributed by atoms with E-state index in [1.54, 1.807) is 6.20 Å². The van der Waals surface area contributed by atoms with E-state index in [1.807, 2.05) is 24.7 Å². The molecule has 0 aliphatic carbocycles. The average Bonchev–Trinajstić information content (AvgIpc) is 2.76. The molecule has 0 spiro atoms. The van der Waals surface area contributed by atoms with Crippen LogP contribution >= 0.6 is 0 Å². The van der Waals surface area contributed by atoms with Crippen LogP contribution in [0.2, 0.25) is 0 Å². The van der Waals surface area contributed by atoms with Gasteiger partial charge in [0.05, 0.1) is 11.7 Å². The Labute approximate surface area is 108 Å². The van der Waals surface area contributed by atoms with Gasteiger partial charge in [-0.2, -0.15) is 0 Å². The van der Waals surface area contributed by atoms with Gasteiger partial charge in [-0.05, 0) is 6.92 Å². The standard InChI is InChI=1S/C13H22N2O3/c1-3-18-13(4-8-17-9-5-13)11(16)10-12-14-6-7-15(12)2/h6-7,11,16H,3-5,8-10H2,1-2H3. The van der Waals surface area contributed by atoms with E-state index in [4.69, 9.17) is 9.47 Å². The molecule has 0 aromatic carbocycles. The van der Waals surface area contributed by atoms with Crippen molar-refractivity contribution in [3.05, 3.63) is 18.2 Å². The van der Waals surface area contributed by atoms with Gasteiger partial charge in [0, 0.05) is 58.5 Å². The molecule has 5 heteroatoms. The monoisotopic (exact) mass is 254 g/mol.